The SMILES string of the molecule is CSC1=C(C)C(Cl)=N1. The van der Waals surface area contributed by atoms with E-state index in [-0.39, 0.29) is 0 Å². The van der Waals surface area contributed by atoms with Crippen LogP contribution < -0.4 is 0 Å². The van der Waals surface area contributed by atoms with Gasteiger partial charge in [0.2, 0.25) is 0 Å². The number of allylic oxidation sites excluding steroid dienone is 1. The molecule has 0 N–H and O–H groups in total. The summed E-state index contributed by atoms with van der Waals surface area (Å²) in [6.07, 6.45) is 1.99. The lowest BCUT2D eigenvalue weighted by Gasteiger charge is -2.11. The van der Waals surface area contributed by atoms with Crippen molar-refractivity contribution < 1.29 is 0 Å². The van der Waals surface area contributed by atoms with E-state index in [0.29, 0.717) is 5.17 Å². The van der Waals surface area contributed by atoms with E-state index in [2.05, 4.69) is 4.99 Å². The van der Waals surface area contributed by atoms with Gasteiger partial charge in [-0.05, 0) is 13.2 Å². The van der Waals surface area contributed by atoms with Gasteiger partial charge in [0, 0.05) is 5.57 Å². The Kier molecular flexibility index (Phi) is 1.63. The van der Waals surface area contributed by atoms with E-state index >= 15 is 0 Å². The van der Waals surface area contributed by atoms with Crippen LogP contribution in [0.25, 0.3) is 0 Å². The van der Waals surface area contributed by atoms with Gasteiger partial charge in [0.05, 0.1) is 0 Å². The molecule has 0 amide bonds. The summed E-state index contributed by atoms with van der Waals surface area (Å²) in [5.41, 5.74) is 1.12. The molecule has 0 aromatic rings. The predicted molar refractivity (Wildman–Crippen MR) is 39.5 cm³/mol. The van der Waals surface area contributed by atoms with Gasteiger partial charge < -0.3 is 0 Å². The van der Waals surface area contributed by atoms with E-state index in [1.165, 1.54) is 0 Å². The first kappa shape index (κ1) is 6.17. The van der Waals surface area contributed by atoms with E-state index in [4.69, 9.17) is 11.6 Å². The molecular weight excluding hydrogens is 142 g/mol. The molecule has 0 spiro atoms. The molecule has 0 fully saturated rings. The molecule has 1 nitrogen and oxygen atoms in total. The van der Waals surface area contributed by atoms with Crippen LogP contribution in [-0.4, -0.2) is 11.4 Å². The van der Waals surface area contributed by atoms with Gasteiger partial charge >= 0.3 is 0 Å². The first-order chi connectivity index (χ1) is 3.75. The van der Waals surface area contributed by atoms with Crippen LogP contribution in [0.15, 0.2) is 15.6 Å². The van der Waals surface area contributed by atoms with Crippen molar-refractivity contribution in [3.8, 4) is 0 Å². The van der Waals surface area contributed by atoms with Gasteiger partial charge in [-0.3, -0.25) is 0 Å². The average Bonchev–Trinajstić information content (AvgIpc) is 1.81. The van der Waals surface area contributed by atoms with E-state index in [9.17, 15) is 0 Å². The Hall–Kier alpha value is 0.0500. The van der Waals surface area contributed by atoms with Crippen molar-refractivity contribution in [3.05, 3.63) is 10.6 Å². The normalized spacial score (nSPS) is 18.1. The minimum Gasteiger partial charge on any atom is -0.229 e. The zero-order chi connectivity index (χ0) is 6.15. The van der Waals surface area contributed by atoms with Crippen molar-refractivity contribution in [3.63, 3.8) is 0 Å². The maximum atomic E-state index is 5.55. The van der Waals surface area contributed by atoms with Crippen LogP contribution in [0.5, 0.6) is 0 Å². The van der Waals surface area contributed by atoms with Crippen molar-refractivity contribution in [1.82, 2.24) is 0 Å². The fraction of sp³-hybridized carbons (Fsp3) is 0.400. The molecule has 0 atom stereocenters. The molecule has 0 radical (unpaired) electrons. The third-order valence-corrected chi connectivity index (χ3v) is 2.18. The molecule has 0 aliphatic carbocycles. The smallest absolute Gasteiger partial charge is 0.135 e. The minimum atomic E-state index is 0.661. The molecule has 0 saturated heterocycles. The summed E-state index contributed by atoms with van der Waals surface area (Å²) in [5.74, 6) is 0. The first-order valence-electron chi connectivity index (χ1n) is 2.25. The van der Waals surface area contributed by atoms with E-state index < -0.39 is 0 Å². The maximum Gasteiger partial charge on any atom is 0.135 e. The van der Waals surface area contributed by atoms with Crippen LogP contribution in [0.1, 0.15) is 6.92 Å². The van der Waals surface area contributed by atoms with Crippen molar-refractivity contribution in [2.45, 2.75) is 6.92 Å². The van der Waals surface area contributed by atoms with Gasteiger partial charge in [-0.1, -0.05) is 11.6 Å². The second-order valence-electron chi connectivity index (χ2n) is 1.54. The fourth-order valence-corrected chi connectivity index (χ4v) is 1.36. The Bertz CT molecular complexity index is 171. The summed E-state index contributed by atoms with van der Waals surface area (Å²) in [6, 6.07) is 0. The third kappa shape index (κ3) is 0.782. The highest BCUT2D eigenvalue weighted by molar-refractivity contribution is 8.02. The quantitative estimate of drug-likeness (QED) is 0.554. The average molecular weight is 148 g/mol. The molecule has 3 heteroatoms. The van der Waals surface area contributed by atoms with Gasteiger partial charge in [-0.25, -0.2) is 4.99 Å². The molecule has 0 aromatic heterocycles. The molecular formula is C5H6ClNS. The van der Waals surface area contributed by atoms with Crippen LogP contribution >= 0.6 is 23.4 Å². The standard InChI is InChI=1S/C5H6ClNS/c1-3-4(6)7-5(3)8-2/h1-2H3. The monoisotopic (exact) mass is 147 g/mol. The first-order valence-corrected chi connectivity index (χ1v) is 3.85. The molecule has 1 aliphatic rings. The molecule has 1 heterocycles. The van der Waals surface area contributed by atoms with Crippen molar-refractivity contribution in [2.24, 2.45) is 4.99 Å². The van der Waals surface area contributed by atoms with Crippen LogP contribution in [-0.2, 0) is 0 Å². The maximum absolute atomic E-state index is 5.55. The number of hydrogen-bond donors (Lipinski definition) is 0. The number of aliphatic imine (C=N–C) groups is 1. The summed E-state index contributed by atoms with van der Waals surface area (Å²) in [6.45, 7) is 1.97. The van der Waals surface area contributed by atoms with Gasteiger partial charge in [0.25, 0.3) is 0 Å². The molecule has 0 saturated carbocycles. The highest BCUT2D eigenvalue weighted by atomic mass is 35.5. The molecule has 1 aliphatic heterocycles. The van der Waals surface area contributed by atoms with Crippen LogP contribution in [0.4, 0.5) is 0 Å². The van der Waals surface area contributed by atoms with Gasteiger partial charge in [0.15, 0.2) is 0 Å². The summed E-state index contributed by atoms with van der Waals surface area (Å²) in [4.78, 5) is 3.95. The Morgan fingerprint density at radius 2 is 2.25 bits per heavy atom. The zero-order valence-electron chi connectivity index (χ0n) is 4.73. The second kappa shape index (κ2) is 2.11. The second-order valence-corrected chi connectivity index (χ2v) is 2.69. The van der Waals surface area contributed by atoms with Crippen molar-refractivity contribution in [1.29, 1.82) is 0 Å². The molecule has 44 valence electrons. The van der Waals surface area contributed by atoms with Gasteiger partial charge in [0.1, 0.15) is 10.2 Å². The predicted octanol–water partition coefficient (Wildman–Crippen LogP) is 2.23. The molecule has 1 rings (SSSR count). The highest BCUT2D eigenvalue weighted by Crippen LogP contribution is 2.29. The van der Waals surface area contributed by atoms with Gasteiger partial charge in [-0.2, -0.15) is 0 Å². The van der Waals surface area contributed by atoms with E-state index in [0.717, 1.165) is 10.6 Å². The van der Waals surface area contributed by atoms with Crippen LogP contribution in [0, 0.1) is 0 Å². The minimum absolute atomic E-state index is 0.661. The Balaban J connectivity index is 2.63. The van der Waals surface area contributed by atoms with Crippen molar-refractivity contribution >= 4 is 28.5 Å². The van der Waals surface area contributed by atoms with E-state index in [1.807, 2.05) is 13.2 Å². The number of halogens is 1. The fourth-order valence-electron chi connectivity index (χ4n) is 0.491. The Morgan fingerprint density at radius 1 is 1.62 bits per heavy atom. The lowest BCUT2D eigenvalue weighted by Crippen LogP contribution is -2.02. The molecule has 8 heavy (non-hydrogen) atoms. The summed E-state index contributed by atoms with van der Waals surface area (Å²) >= 11 is 7.18. The summed E-state index contributed by atoms with van der Waals surface area (Å²) < 4.78 is 0. The van der Waals surface area contributed by atoms with Crippen LogP contribution in [0.3, 0.4) is 0 Å². The van der Waals surface area contributed by atoms with Crippen molar-refractivity contribution in [2.75, 3.05) is 6.26 Å². The lowest BCUT2D eigenvalue weighted by atomic mass is 10.3. The lowest BCUT2D eigenvalue weighted by molar-refractivity contribution is 1.35. The van der Waals surface area contributed by atoms with Gasteiger partial charge in [-0.15, -0.1) is 11.8 Å². The molecule has 0 aromatic carbocycles. The highest BCUT2D eigenvalue weighted by Gasteiger charge is 2.13. The largest absolute Gasteiger partial charge is 0.229 e. The summed E-state index contributed by atoms with van der Waals surface area (Å²) in [5, 5.41) is 1.73. The number of nitrogens with zero attached hydrogens (tertiary/aromatic N) is 1. The third-order valence-electron chi connectivity index (χ3n) is 1.02. The van der Waals surface area contributed by atoms with E-state index in [1.54, 1.807) is 11.8 Å². The van der Waals surface area contributed by atoms with Crippen LogP contribution in [0.2, 0.25) is 0 Å². The Morgan fingerprint density at radius 3 is 2.38 bits per heavy atom. The zero-order valence-corrected chi connectivity index (χ0v) is 6.31. The number of rotatable bonds is 1. The number of thioether (sulfide) groups is 1. The molecule has 0 bridgehead atoms. The number of hydrogen-bond acceptors (Lipinski definition) is 2. The topological polar surface area (TPSA) is 12.4 Å². The summed E-state index contributed by atoms with van der Waals surface area (Å²) in [7, 11) is 0. The molecule has 0 unspecified atom stereocenters. The Labute approximate surface area is 57.8 Å².